The van der Waals surface area contributed by atoms with Crippen molar-refractivity contribution in [3.63, 3.8) is 0 Å². The monoisotopic (exact) mass is 430 g/mol. The number of rotatable bonds is 6. The maximum atomic E-state index is 13.4. The predicted octanol–water partition coefficient (Wildman–Crippen LogP) is 5.54. The van der Waals surface area contributed by atoms with Gasteiger partial charge in [-0.05, 0) is 92.4 Å². The van der Waals surface area contributed by atoms with Crippen LogP contribution in [0.4, 0.5) is 0 Å². The standard InChI is InChI=1S/C28H34N2O2/c1-18(28-14-20-11-21(15-28)13-22(12-20)16-28)29-26-24-5-3-4-6-25(24)27(31)30(26)17-19-7-9-23(32-2)10-8-19/h3-10,18,20-22,26,29H,11-17H2,1-2H3/t18-,20?,21?,22?,26+,28?/m0/s1. The highest BCUT2D eigenvalue weighted by atomic mass is 16.5. The lowest BCUT2D eigenvalue weighted by Crippen LogP contribution is -2.56. The number of methoxy groups -OCH3 is 1. The summed E-state index contributed by atoms with van der Waals surface area (Å²) in [7, 11) is 1.68. The highest BCUT2D eigenvalue weighted by Crippen LogP contribution is 2.61. The van der Waals surface area contributed by atoms with E-state index in [1.165, 1.54) is 38.5 Å². The number of benzene rings is 2. The minimum atomic E-state index is -0.0659. The van der Waals surface area contributed by atoms with Gasteiger partial charge in [0, 0.05) is 23.7 Å². The Bertz CT molecular complexity index is 979. The molecule has 0 aromatic heterocycles. The average Bonchev–Trinajstić information content (AvgIpc) is 3.05. The highest BCUT2D eigenvalue weighted by Gasteiger charge is 2.54. The molecule has 4 nitrogen and oxygen atoms in total. The van der Waals surface area contributed by atoms with Crippen molar-refractivity contribution in [2.45, 2.75) is 64.2 Å². The molecule has 32 heavy (non-hydrogen) atoms. The Hall–Kier alpha value is -2.33. The van der Waals surface area contributed by atoms with Crippen LogP contribution in [0.15, 0.2) is 48.5 Å². The van der Waals surface area contributed by atoms with Crippen LogP contribution < -0.4 is 10.1 Å². The largest absolute Gasteiger partial charge is 0.497 e. The molecule has 0 unspecified atom stereocenters. The Morgan fingerprint density at radius 1 is 1.00 bits per heavy atom. The first kappa shape index (κ1) is 20.3. The Kier molecular flexibility index (Phi) is 4.83. The molecule has 4 bridgehead atoms. The van der Waals surface area contributed by atoms with Crippen LogP contribution in [0.1, 0.15) is 73.1 Å². The second-order valence-electron chi connectivity index (χ2n) is 10.9. The van der Waals surface area contributed by atoms with Crippen LogP contribution in [0.5, 0.6) is 5.75 Å². The number of carbonyl (C=O) groups excluding carboxylic acids is 1. The van der Waals surface area contributed by atoms with Gasteiger partial charge in [0.2, 0.25) is 0 Å². The molecule has 0 spiro atoms. The zero-order chi connectivity index (χ0) is 21.9. The van der Waals surface area contributed by atoms with Gasteiger partial charge in [0.25, 0.3) is 5.91 Å². The fourth-order valence-corrected chi connectivity index (χ4v) is 7.76. The van der Waals surface area contributed by atoms with E-state index < -0.39 is 0 Å². The molecule has 7 rings (SSSR count). The first-order valence-electron chi connectivity index (χ1n) is 12.3. The van der Waals surface area contributed by atoms with Gasteiger partial charge in [-0.25, -0.2) is 0 Å². The molecular formula is C28H34N2O2. The Labute approximate surface area is 191 Å². The molecule has 5 aliphatic rings. The SMILES string of the molecule is COc1ccc(CN2C(=O)c3ccccc3[C@@H]2N[C@@H](C)C23CC4CC(CC(C4)C2)C3)cc1. The molecule has 4 fully saturated rings. The quantitative estimate of drug-likeness (QED) is 0.654. The normalized spacial score (nSPS) is 33.4. The van der Waals surface area contributed by atoms with Gasteiger partial charge < -0.3 is 9.64 Å². The zero-order valence-electron chi connectivity index (χ0n) is 19.2. The van der Waals surface area contributed by atoms with Gasteiger partial charge in [-0.3, -0.25) is 10.1 Å². The second-order valence-corrected chi connectivity index (χ2v) is 10.9. The van der Waals surface area contributed by atoms with Crippen LogP contribution in [0.25, 0.3) is 0 Å². The second kappa shape index (κ2) is 7.62. The molecule has 1 heterocycles. The molecule has 0 saturated heterocycles. The first-order valence-corrected chi connectivity index (χ1v) is 12.3. The van der Waals surface area contributed by atoms with E-state index in [0.717, 1.165) is 40.2 Å². The van der Waals surface area contributed by atoms with Gasteiger partial charge in [0.1, 0.15) is 11.9 Å². The Balaban J connectivity index is 1.28. The van der Waals surface area contributed by atoms with Gasteiger partial charge in [-0.15, -0.1) is 0 Å². The van der Waals surface area contributed by atoms with E-state index in [9.17, 15) is 4.79 Å². The lowest BCUT2D eigenvalue weighted by molar-refractivity contribution is -0.0752. The van der Waals surface area contributed by atoms with Crippen molar-refractivity contribution < 1.29 is 9.53 Å². The summed E-state index contributed by atoms with van der Waals surface area (Å²) in [6, 6.07) is 16.6. The van der Waals surface area contributed by atoms with E-state index in [-0.39, 0.29) is 12.1 Å². The van der Waals surface area contributed by atoms with E-state index in [2.05, 4.69) is 36.5 Å². The molecule has 4 heteroatoms. The van der Waals surface area contributed by atoms with E-state index in [1.54, 1.807) is 7.11 Å². The molecule has 2 aromatic rings. The fraction of sp³-hybridized carbons (Fsp3) is 0.536. The summed E-state index contributed by atoms with van der Waals surface area (Å²) in [6.07, 6.45) is 8.42. The lowest BCUT2D eigenvalue weighted by atomic mass is 9.48. The summed E-state index contributed by atoms with van der Waals surface area (Å²) in [4.78, 5) is 15.5. The molecule has 2 aromatic carbocycles. The molecule has 2 atom stereocenters. The van der Waals surface area contributed by atoms with Gasteiger partial charge in [0.15, 0.2) is 0 Å². The Morgan fingerprint density at radius 2 is 1.62 bits per heavy atom. The third-order valence-electron chi connectivity index (χ3n) is 8.98. The minimum absolute atomic E-state index is 0.0659. The van der Waals surface area contributed by atoms with Crippen LogP contribution in [0, 0.1) is 23.2 Å². The topological polar surface area (TPSA) is 41.6 Å². The number of nitrogens with one attached hydrogen (secondary N) is 1. The van der Waals surface area contributed by atoms with Crippen molar-refractivity contribution in [1.29, 1.82) is 0 Å². The Morgan fingerprint density at radius 3 is 2.25 bits per heavy atom. The number of hydrogen-bond acceptors (Lipinski definition) is 3. The van der Waals surface area contributed by atoms with Crippen LogP contribution in [-0.4, -0.2) is 24.0 Å². The summed E-state index contributed by atoms with van der Waals surface area (Å²) in [5.41, 5.74) is 3.50. The summed E-state index contributed by atoms with van der Waals surface area (Å²) in [5.74, 6) is 3.76. The predicted molar refractivity (Wildman–Crippen MR) is 125 cm³/mol. The van der Waals surface area contributed by atoms with Gasteiger partial charge in [0.05, 0.1) is 7.11 Å². The minimum Gasteiger partial charge on any atom is -0.497 e. The number of fused-ring (bicyclic) bond motifs is 1. The number of hydrogen-bond donors (Lipinski definition) is 1. The van der Waals surface area contributed by atoms with E-state index in [1.807, 2.05) is 29.2 Å². The molecule has 1 N–H and O–H groups in total. The van der Waals surface area contributed by atoms with Crippen LogP contribution in [0.3, 0.4) is 0 Å². The molecule has 4 saturated carbocycles. The van der Waals surface area contributed by atoms with Gasteiger partial charge in [-0.1, -0.05) is 30.3 Å². The highest BCUT2D eigenvalue weighted by molar-refractivity contribution is 5.99. The summed E-state index contributed by atoms with van der Waals surface area (Å²) in [6.45, 7) is 2.99. The molecule has 168 valence electrons. The van der Waals surface area contributed by atoms with Gasteiger partial charge in [-0.2, -0.15) is 0 Å². The van der Waals surface area contributed by atoms with Crippen molar-refractivity contribution in [3.8, 4) is 5.75 Å². The molecule has 0 radical (unpaired) electrons. The van der Waals surface area contributed by atoms with Crippen LogP contribution in [-0.2, 0) is 6.54 Å². The van der Waals surface area contributed by atoms with Crippen molar-refractivity contribution in [3.05, 3.63) is 65.2 Å². The van der Waals surface area contributed by atoms with Crippen LogP contribution in [0.2, 0.25) is 0 Å². The molecular weight excluding hydrogens is 396 g/mol. The molecule has 1 amide bonds. The lowest BCUT2D eigenvalue weighted by Gasteiger charge is -2.59. The summed E-state index contributed by atoms with van der Waals surface area (Å²) in [5, 5.41) is 4.00. The smallest absolute Gasteiger partial charge is 0.256 e. The van der Waals surface area contributed by atoms with Crippen molar-refractivity contribution in [2.75, 3.05) is 7.11 Å². The zero-order valence-corrected chi connectivity index (χ0v) is 19.2. The van der Waals surface area contributed by atoms with E-state index in [0.29, 0.717) is 18.0 Å². The number of carbonyl (C=O) groups is 1. The molecule has 1 aliphatic heterocycles. The van der Waals surface area contributed by atoms with Crippen LogP contribution >= 0.6 is 0 Å². The first-order chi connectivity index (χ1) is 15.5. The number of amides is 1. The average molecular weight is 431 g/mol. The summed E-state index contributed by atoms with van der Waals surface area (Å²) < 4.78 is 5.31. The van der Waals surface area contributed by atoms with E-state index in [4.69, 9.17) is 4.74 Å². The summed E-state index contributed by atoms with van der Waals surface area (Å²) >= 11 is 0. The van der Waals surface area contributed by atoms with Crippen molar-refractivity contribution in [2.24, 2.45) is 23.2 Å². The third kappa shape index (κ3) is 3.26. The number of ether oxygens (including phenoxy) is 1. The van der Waals surface area contributed by atoms with E-state index >= 15 is 0 Å². The fourth-order valence-electron chi connectivity index (χ4n) is 7.76. The van der Waals surface area contributed by atoms with Gasteiger partial charge >= 0.3 is 0 Å². The maximum absolute atomic E-state index is 13.4. The molecule has 4 aliphatic carbocycles. The van der Waals surface area contributed by atoms with Crippen molar-refractivity contribution in [1.82, 2.24) is 10.2 Å². The van der Waals surface area contributed by atoms with Crippen molar-refractivity contribution >= 4 is 5.91 Å². The number of nitrogens with zero attached hydrogens (tertiary/aromatic N) is 1. The third-order valence-corrected chi connectivity index (χ3v) is 8.98. The maximum Gasteiger partial charge on any atom is 0.256 e.